The minimum absolute atomic E-state index is 0.214. The lowest BCUT2D eigenvalue weighted by Gasteiger charge is -2.30. The molecule has 2 aromatic rings. The van der Waals surface area contributed by atoms with Crippen LogP contribution in [0.2, 0.25) is 0 Å². The van der Waals surface area contributed by atoms with Gasteiger partial charge in [-0.15, -0.1) is 0 Å². The number of carbonyl (C=O) groups is 1. The molecule has 0 radical (unpaired) electrons. The molecule has 0 aliphatic carbocycles. The fourth-order valence-electron chi connectivity index (χ4n) is 2.80. The Balaban J connectivity index is 1.47. The van der Waals surface area contributed by atoms with Crippen LogP contribution in [0.1, 0.15) is 21.5 Å². The average Bonchev–Trinajstić information content (AvgIpc) is 2.60. The van der Waals surface area contributed by atoms with Crippen LogP contribution in [-0.4, -0.2) is 51.6 Å². The SMILES string of the molecule is O=C(NCC(O)CN1CCc2ccccc2C1)c1cncnc1. The summed E-state index contributed by atoms with van der Waals surface area (Å²) in [5, 5.41) is 12.9. The zero-order valence-electron chi connectivity index (χ0n) is 12.9. The van der Waals surface area contributed by atoms with Crippen LogP contribution in [0.3, 0.4) is 0 Å². The summed E-state index contributed by atoms with van der Waals surface area (Å²) < 4.78 is 0. The van der Waals surface area contributed by atoms with Crippen molar-refractivity contribution >= 4 is 5.91 Å². The molecule has 1 atom stereocenters. The van der Waals surface area contributed by atoms with E-state index in [0.29, 0.717) is 12.1 Å². The fourth-order valence-corrected chi connectivity index (χ4v) is 2.80. The molecule has 6 heteroatoms. The molecular formula is C17H20N4O2. The Labute approximate surface area is 135 Å². The van der Waals surface area contributed by atoms with Gasteiger partial charge in [0.05, 0.1) is 11.7 Å². The lowest BCUT2D eigenvalue weighted by Crippen LogP contribution is -2.42. The zero-order chi connectivity index (χ0) is 16.1. The summed E-state index contributed by atoms with van der Waals surface area (Å²) in [4.78, 5) is 21.7. The summed E-state index contributed by atoms with van der Waals surface area (Å²) in [5.74, 6) is -0.270. The number of aliphatic hydroxyl groups excluding tert-OH is 1. The molecule has 0 fully saturated rings. The number of nitrogens with zero attached hydrogens (tertiary/aromatic N) is 3. The quantitative estimate of drug-likeness (QED) is 0.846. The predicted octanol–water partition coefficient (Wildman–Crippen LogP) is 0.626. The number of β-amino-alcohol motifs (C(OH)–C–C–N with tert-alkyl or cyclic N) is 1. The normalized spacial score (nSPS) is 15.7. The zero-order valence-corrected chi connectivity index (χ0v) is 12.9. The highest BCUT2D eigenvalue weighted by Crippen LogP contribution is 2.18. The second-order valence-electron chi connectivity index (χ2n) is 5.74. The van der Waals surface area contributed by atoms with Gasteiger partial charge in [-0.3, -0.25) is 9.69 Å². The van der Waals surface area contributed by atoms with Crippen LogP contribution in [0, 0.1) is 0 Å². The second kappa shape index (κ2) is 7.30. The molecule has 0 saturated carbocycles. The van der Waals surface area contributed by atoms with Gasteiger partial charge in [-0.1, -0.05) is 24.3 Å². The van der Waals surface area contributed by atoms with Crippen molar-refractivity contribution in [2.24, 2.45) is 0 Å². The Morgan fingerprint density at radius 1 is 1.26 bits per heavy atom. The number of carbonyl (C=O) groups excluding carboxylic acids is 1. The molecule has 1 unspecified atom stereocenters. The number of hydrogen-bond donors (Lipinski definition) is 2. The van der Waals surface area contributed by atoms with Gasteiger partial charge < -0.3 is 10.4 Å². The summed E-state index contributed by atoms with van der Waals surface area (Å²) in [6.45, 7) is 2.52. The number of rotatable bonds is 5. The molecule has 23 heavy (non-hydrogen) atoms. The Kier molecular flexibility index (Phi) is 4.95. The standard InChI is InChI=1S/C17H20N4O2/c22-16(9-20-17(23)15-7-18-12-19-8-15)11-21-6-5-13-3-1-2-4-14(13)10-21/h1-4,7-8,12,16,22H,5-6,9-11H2,(H,20,23). The van der Waals surface area contributed by atoms with Crippen LogP contribution < -0.4 is 5.32 Å². The van der Waals surface area contributed by atoms with Crippen molar-refractivity contribution in [3.8, 4) is 0 Å². The van der Waals surface area contributed by atoms with Gasteiger partial charge >= 0.3 is 0 Å². The fraction of sp³-hybridized carbons (Fsp3) is 0.353. The highest BCUT2D eigenvalue weighted by Gasteiger charge is 2.18. The number of hydrogen-bond acceptors (Lipinski definition) is 5. The Morgan fingerprint density at radius 2 is 2.00 bits per heavy atom. The highest BCUT2D eigenvalue weighted by molar-refractivity contribution is 5.93. The maximum absolute atomic E-state index is 11.9. The van der Waals surface area contributed by atoms with Gasteiger partial charge in [-0.05, 0) is 17.5 Å². The topological polar surface area (TPSA) is 78.4 Å². The molecular weight excluding hydrogens is 292 g/mol. The van der Waals surface area contributed by atoms with E-state index in [4.69, 9.17) is 0 Å². The number of aromatic nitrogens is 2. The smallest absolute Gasteiger partial charge is 0.254 e. The van der Waals surface area contributed by atoms with Gasteiger partial charge in [0.1, 0.15) is 6.33 Å². The number of amides is 1. The molecule has 0 bridgehead atoms. The van der Waals surface area contributed by atoms with Crippen LogP contribution in [0.5, 0.6) is 0 Å². The van der Waals surface area contributed by atoms with Gasteiger partial charge in [-0.2, -0.15) is 0 Å². The largest absolute Gasteiger partial charge is 0.390 e. The van der Waals surface area contributed by atoms with E-state index in [0.717, 1.165) is 19.5 Å². The summed E-state index contributed by atoms with van der Waals surface area (Å²) >= 11 is 0. The van der Waals surface area contributed by atoms with E-state index in [1.54, 1.807) is 0 Å². The molecule has 120 valence electrons. The van der Waals surface area contributed by atoms with E-state index in [1.165, 1.54) is 29.8 Å². The van der Waals surface area contributed by atoms with Crippen LogP contribution in [0.15, 0.2) is 43.0 Å². The summed E-state index contributed by atoms with van der Waals surface area (Å²) in [6.07, 6.45) is 4.68. The monoisotopic (exact) mass is 312 g/mol. The van der Waals surface area contributed by atoms with Crippen molar-refractivity contribution < 1.29 is 9.90 Å². The molecule has 6 nitrogen and oxygen atoms in total. The Bertz CT molecular complexity index is 663. The third-order valence-corrected chi connectivity index (χ3v) is 4.00. The lowest BCUT2D eigenvalue weighted by atomic mass is 10.00. The van der Waals surface area contributed by atoms with Gasteiger partial charge in [-0.25, -0.2) is 9.97 Å². The van der Waals surface area contributed by atoms with Gasteiger partial charge in [0, 0.05) is 38.6 Å². The van der Waals surface area contributed by atoms with Crippen molar-refractivity contribution in [1.29, 1.82) is 0 Å². The first-order valence-corrected chi connectivity index (χ1v) is 7.73. The number of nitrogens with one attached hydrogen (secondary N) is 1. The third-order valence-electron chi connectivity index (χ3n) is 4.00. The van der Waals surface area contributed by atoms with Gasteiger partial charge in [0.2, 0.25) is 0 Å². The van der Waals surface area contributed by atoms with Crippen LogP contribution in [-0.2, 0) is 13.0 Å². The van der Waals surface area contributed by atoms with E-state index in [2.05, 4.69) is 38.4 Å². The molecule has 2 heterocycles. The van der Waals surface area contributed by atoms with E-state index in [-0.39, 0.29) is 12.5 Å². The molecule has 1 aromatic carbocycles. The molecule has 0 saturated heterocycles. The molecule has 0 spiro atoms. The number of fused-ring (bicyclic) bond motifs is 1. The first-order valence-electron chi connectivity index (χ1n) is 7.73. The van der Waals surface area contributed by atoms with Crippen molar-refractivity contribution in [2.75, 3.05) is 19.6 Å². The summed E-state index contributed by atoms with van der Waals surface area (Å²) in [6, 6.07) is 8.39. The number of aliphatic hydroxyl groups is 1. The van der Waals surface area contributed by atoms with Crippen molar-refractivity contribution in [3.05, 3.63) is 59.7 Å². The molecule has 2 N–H and O–H groups in total. The van der Waals surface area contributed by atoms with Crippen molar-refractivity contribution in [1.82, 2.24) is 20.2 Å². The van der Waals surface area contributed by atoms with E-state index in [9.17, 15) is 9.90 Å². The first kappa shape index (κ1) is 15.6. The average molecular weight is 312 g/mol. The first-order chi connectivity index (χ1) is 11.2. The van der Waals surface area contributed by atoms with Crippen LogP contribution >= 0.6 is 0 Å². The van der Waals surface area contributed by atoms with Crippen LogP contribution in [0.4, 0.5) is 0 Å². The lowest BCUT2D eigenvalue weighted by molar-refractivity contribution is 0.0841. The molecule has 3 rings (SSSR count). The molecule has 1 aliphatic heterocycles. The van der Waals surface area contributed by atoms with Gasteiger partial charge in [0.15, 0.2) is 0 Å². The van der Waals surface area contributed by atoms with E-state index >= 15 is 0 Å². The predicted molar refractivity (Wildman–Crippen MR) is 85.8 cm³/mol. The number of benzene rings is 1. The summed E-state index contributed by atoms with van der Waals surface area (Å²) in [5.41, 5.74) is 3.10. The van der Waals surface area contributed by atoms with Gasteiger partial charge in [0.25, 0.3) is 5.91 Å². The minimum Gasteiger partial charge on any atom is -0.390 e. The molecule has 1 aliphatic rings. The summed E-state index contributed by atoms with van der Waals surface area (Å²) in [7, 11) is 0. The highest BCUT2D eigenvalue weighted by atomic mass is 16.3. The minimum atomic E-state index is -0.603. The third kappa shape index (κ3) is 4.12. The Hall–Kier alpha value is -2.31. The molecule has 1 aromatic heterocycles. The van der Waals surface area contributed by atoms with E-state index in [1.807, 2.05) is 6.07 Å². The Morgan fingerprint density at radius 3 is 2.78 bits per heavy atom. The van der Waals surface area contributed by atoms with Crippen LogP contribution in [0.25, 0.3) is 0 Å². The van der Waals surface area contributed by atoms with Crippen molar-refractivity contribution in [3.63, 3.8) is 0 Å². The maximum atomic E-state index is 11.9. The second-order valence-corrected chi connectivity index (χ2v) is 5.74. The van der Waals surface area contributed by atoms with E-state index < -0.39 is 6.10 Å². The van der Waals surface area contributed by atoms with Crippen molar-refractivity contribution in [2.45, 2.75) is 19.1 Å². The molecule has 1 amide bonds. The maximum Gasteiger partial charge on any atom is 0.254 e.